The van der Waals surface area contributed by atoms with Crippen molar-refractivity contribution in [1.29, 1.82) is 0 Å². The summed E-state index contributed by atoms with van der Waals surface area (Å²) >= 11 is 3.43. The van der Waals surface area contributed by atoms with E-state index in [-0.39, 0.29) is 0 Å². The molecule has 1 aromatic heterocycles. The van der Waals surface area contributed by atoms with Crippen LogP contribution in [0.4, 0.5) is 0 Å². The van der Waals surface area contributed by atoms with Crippen LogP contribution in [0.25, 0.3) is 0 Å². The molecule has 0 saturated heterocycles. The molecule has 0 spiro atoms. The van der Waals surface area contributed by atoms with Gasteiger partial charge in [-0.25, -0.2) is 0 Å². The second-order valence-electron chi connectivity index (χ2n) is 3.28. The van der Waals surface area contributed by atoms with Gasteiger partial charge >= 0.3 is 0 Å². The molecule has 0 aliphatic rings. The maximum Gasteiger partial charge on any atom is 0.0271 e. The van der Waals surface area contributed by atoms with Gasteiger partial charge in [-0.2, -0.15) is 0 Å². The van der Waals surface area contributed by atoms with Gasteiger partial charge in [-0.1, -0.05) is 22.4 Å². The molecule has 3 heteroatoms. The van der Waals surface area contributed by atoms with Crippen LogP contribution in [0.1, 0.15) is 24.8 Å². The van der Waals surface area contributed by atoms with E-state index in [4.69, 9.17) is 0 Å². The summed E-state index contributed by atoms with van der Waals surface area (Å²) in [5.74, 6) is 0. The summed E-state index contributed by atoms with van der Waals surface area (Å²) in [4.78, 5) is 3.98. The second-order valence-corrected chi connectivity index (χ2v) is 4.07. The van der Waals surface area contributed by atoms with Gasteiger partial charge in [0, 0.05) is 24.3 Å². The smallest absolute Gasteiger partial charge is 0.0271 e. The Kier molecular flexibility index (Phi) is 6.62. The number of aromatic nitrogens is 1. The van der Waals surface area contributed by atoms with Crippen molar-refractivity contribution in [3.8, 4) is 0 Å². The summed E-state index contributed by atoms with van der Waals surface area (Å²) in [6, 6.07) is 4.09. The Hall–Kier alpha value is -0.410. The van der Waals surface area contributed by atoms with Crippen LogP contribution in [0, 0.1) is 0 Å². The van der Waals surface area contributed by atoms with E-state index < -0.39 is 0 Å². The number of nitrogens with zero attached hydrogens (tertiary/aromatic N) is 1. The number of alkyl halides is 1. The van der Waals surface area contributed by atoms with Crippen LogP contribution < -0.4 is 5.32 Å². The first-order valence-corrected chi connectivity index (χ1v) is 6.21. The first kappa shape index (κ1) is 11.7. The van der Waals surface area contributed by atoms with Gasteiger partial charge in [-0.05, 0) is 37.1 Å². The van der Waals surface area contributed by atoms with Crippen molar-refractivity contribution in [3.63, 3.8) is 0 Å². The maximum absolute atomic E-state index is 3.98. The highest BCUT2D eigenvalue weighted by Crippen LogP contribution is 1.98. The zero-order valence-corrected chi connectivity index (χ0v) is 9.96. The molecule has 0 aliphatic heterocycles. The molecular weight excluding hydrogens is 240 g/mol. The van der Waals surface area contributed by atoms with Gasteiger partial charge in [0.2, 0.25) is 0 Å². The molecule has 0 saturated carbocycles. The third kappa shape index (κ3) is 5.35. The van der Waals surface area contributed by atoms with E-state index in [1.165, 1.54) is 24.8 Å². The molecule has 1 heterocycles. The van der Waals surface area contributed by atoms with Crippen molar-refractivity contribution in [1.82, 2.24) is 10.3 Å². The largest absolute Gasteiger partial charge is 0.313 e. The quantitative estimate of drug-likeness (QED) is 0.600. The third-order valence-electron chi connectivity index (χ3n) is 2.07. The molecule has 1 N–H and O–H groups in total. The SMILES string of the molecule is BrCCCCCNCc1ccncc1. The average molecular weight is 257 g/mol. The molecule has 0 aromatic carbocycles. The van der Waals surface area contributed by atoms with Crippen molar-refractivity contribution in [2.45, 2.75) is 25.8 Å². The Bertz CT molecular complexity index is 226. The number of hydrogen-bond donors (Lipinski definition) is 1. The lowest BCUT2D eigenvalue weighted by atomic mass is 10.2. The fraction of sp³-hybridized carbons (Fsp3) is 0.545. The van der Waals surface area contributed by atoms with Crippen LogP contribution in [-0.2, 0) is 6.54 Å². The molecule has 1 rings (SSSR count). The van der Waals surface area contributed by atoms with E-state index in [1.54, 1.807) is 0 Å². The van der Waals surface area contributed by atoms with Crippen LogP contribution in [0.15, 0.2) is 24.5 Å². The Balaban J connectivity index is 1.99. The summed E-state index contributed by atoms with van der Waals surface area (Å²) in [6.45, 7) is 2.06. The summed E-state index contributed by atoms with van der Waals surface area (Å²) < 4.78 is 0. The predicted molar refractivity (Wildman–Crippen MR) is 63.6 cm³/mol. The molecule has 2 nitrogen and oxygen atoms in total. The zero-order valence-electron chi connectivity index (χ0n) is 8.38. The first-order chi connectivity index (χ1) is 6.93. The van der Waals surface area contributed by atoms with Gasteiger partial charge in [0.1, 0.15) is 0 Å². The van der Waals surface area contributed by atoms with E-state index in [2.05, 4.69) is 26.2 Å². The number of nitrogens with one attached hydrogen (secondary N) is 1. The van der Waals surface area contributed by atoms with Gasteiger partial charge in [-0.15, -0.1) is 0 Å². The molecule has 0 fully saturated rings. The summed E-state index contributed by atoms with van der Waals surface area (Å²) in [5, 5.41) is 4.54. The van der Waals surface area contributed by atoms with E-state index in [1.807, 2.05) is 24.5 Å². The molecule has 0 unspecified atom stereocenters. The van der Waals surface area contributed by atoms with E-state index >= 15 is 0 Å². The van der Waals surface area contributed by atoms with Crippen LogP contribution in [0.2, 0.25) is 0 Å². The van der Waals surface area contributed by atoms with Gasteiger partial charge < -0.3 is 5.32 Å². The lowest BCUT2D eigenvalue weighted by Crippen LogP contribution is -2.14. The van der Waals surface area contributed by atoms with Gasteiger partial charge in [0.25, 0.3) is 0 Å². The molecule has 0 aliphatic carbocycles. The number of hydrogen-bond acceptors (Lipinski definition) is 2. The van der Waals surface area contributed by atoms with Crippen molar-refractivity contribution in [2.75, 3.05) is 11.9 Å². The molecule has 1 aromatic rings. The second kappa shape index (κ2) is 7.94. The fourth-order valence-corrected chi connectivity index (χ4v) is 1.65. The topological polar surface area (TPSA) is 24.9 Å². The normalized spacial score (nSPS) is 10.4. The van der Waals surface area contributed by atoms with Crippen molar-refractivity contribution in [3.05, 3.63) is 30.1 Å². The number of rotatable bonds is 7. The molecule has 0 bridgehead atoms. The highest BCUT2D eigenvalue weighted by atomic mass is 79.9. The summed E-state index contributed by atoms with van der Waals surface area (Å²) in [5.41, 5.74) is 1.31. The number of pyridine rings is 1. The predicted octanol–water partition coefficient (Wildman–Crippen LogP) is 2.74. The summed E-state index contributed by atoms with van der Waals surface area (Å²) in [7, 11) is 0. The Morgan fingerprint density at radius 2 is 1.93 bits per heavy atom. The van der Waals surface area contributed by atoms with E-state index in [0.717, 1.165) is 18.4 Å². The van der Waals surface area contributed by atoms with Crippen LogP contribution in [0.5, 0.6) is 0 Å². The number of halogens is 1. The van der Waals surface area contributed by atoms with Crippen molar-refractivity contribution < 1.29 is 0 Å². The molecule has 0 amide bonds. The first-order valence-electron chi connectivity index (χ1n) is 5.09. The minimum Gasteiger partial charge on any atom is -0.313 e. The number of unbranched alkanes of at least 4 members (excludes halogenated alkanes) is 2. The lowest BCUT2D eigenvalue weighted by Gasteiger charge is -2.03. The van der Waals surface area contributed by atoms with Crippen molar-refractivity contribution in [2.24, 2.45) is 0 Å². The zero-order chi connectivity index (χ0) is 10.1. The maximum atomic E-state index is 3.98. The lowest BCUT2D eigenvalue weighted by molar-refractivity contribution is 0.619. The van der Waals surface area contributed by atoms with E-state index in [0.29, 0.717) is 0 Å². The Labute approximate surface area is 94.3 Å². The molecule has 0 atom stereocenters. The van der Waals surface area contributed by atoms with Crippen LogP contribution in [0.3, 0.4) is 0 Å². The van der Waals surface area contributed by atoms with Crippen LogP contribution >= 0.6 is 15.9 Å². The minimum atomic E-state index is 0.955. The minimum absolute atomic E-state index is 0.955. The molecule has 78 valence electrons. The standard InChI is InChI=1S/C11H17BrN2/c12-6-2-1-3-7-14-10-11-4-8-13-9-5-11/h4-5,8-9,14H,1-3,6-7,10H2. The fourth-order valence-electron chi connectivity index (χ4n) is 1.25. The van der Waals surface area contributed by atoms with Gasteiger partial charge in [0.15, 0.2) is 0 Å². The van der Waals surface area contributed by atoms with Gasteiger partial charge in [0.05, 0.1) is 0 Å². The average Bonchev–Trinajstić information content (AvgIpc) is 2.25. The Morgan fingerprint density at radius 1 is 1.14 bits per heavy atom. The Morgan fingerprint density at radius 3 is 2.64 bits per heavy atom. The highest BCUT2D eigenvalue weighted by molar-refractivity contribution is 9.09. The highest BCUT2D eigenvalue weighted by Gasteiger charge is 1.91. The van der Waals surface area contributed by atoms with Gasteiger partial charge in [-0.3, -0.25) is 4.98 Å². The molecule has 0 radical (unpaired) electrons. The molecular formula is C11H17BrN2. The summed E-state index contributed by atoms with van der Waals surface area (Å²) in [6.07, 6.45) is 7.51. The molecule has 14 heavy (non-hydrogen) atoms. The van der Waals surface area contributed by atoms with Crippen molar-refractivity contribution >= 4 is 15.9 Å². The van der Waals surface area contributed by atoms with E-state index in [9.17, 15) is 0 Å². The monoisotopic (exact) mass is 256 g/mol. The van der Waals surface area contributed by atoms with Crippen LogP contribution in [-0.4, -0.2) is 16.9 Å². The third-order valence-corrected chi connectivity index (χ3v) is 2.63.